The molecular weight excluding hydrogens is 238 g/mol. The van der Waals surface area contributed by atoms with E-state index in [1.165, 1.54) is 24.0 Å². The Morgan fingerprint density at radius 1 is 1.21 bits per heavy atom. The molecule has 2 fully saturated rings. The third-order valence-corrected chi connectivity index (χ3v) is 4.71. The van der Waals surface area contributed by atoms with Crippen LogP contribution in [0.3, 0.4) is 0 Å². The fraction of sp³-hybridized carbons (Fsp3) is 0.562. The number of benzene rings is 1. The molecular formula is C16H19NO2. The number of isocyanates is 1. The monoisotopic (exact) mass is 257 g/mol. The Morgan fingerprint density at radius 2 is 1.89 bits per heavy atom. The van der Waals surface area contributed by atoms with Crippen molar-refractivity contribution < 1.29 is 9.53 Å². The Hall–Kier alpha value is -1.44. The van der Waals surface area contributed by atoms with Crippen LogP contribution in [0, 0.1) is 0 Å². The lowest BCUT2D eigenvalue weighted by Gasteiger charge is -2.39. The molecule has 3 heteroatoms. The van der Waals surface area contributed by atoms with E-state index in [1.807, 2.05) is 6.07 Å². The second-order valence-corrected chi connectivity index (χ2v) is 5.85. The maximum Gasteiger partial charge on any atom is 0.235 e. The van der Waals surface area contributed by atoms with E-state index in [0.717, 1.165) is 25.9 Å². The fourth-order valence-corrected chi connectivity index (χ4v) is 3.31. The average Bonchev–Trinajstić information content (AvgIpc) is 3.15. The van der Waals surface area contributed by atoms with Gasteiger partial charge in [-0.2, -0.15) is 4.99 Å². The van der Waals surface area contributed by atoms with Crippen molar-refractivity contribution >= 4 is 6.08 Å². The first-order chi connectivity index (χ1) is 9.26. The minimum Gasteiger partial charge on any atom is -0.384 e. The molecule has 0 amide bonds. The van der Waals surface area contributed by atoms with Crippen molar-refractivity contribution in [2.75, 3.05) is 13.7 Å². The summed E-state index contributed by atoms with van der Waals surface area (Å²) in [4.78, 5) is 14.9. The molecule has 100 valence electrons. The summed E-state index contributed by atoms with van der Waals surface area (Å²) in [5.41, 5.74) is 2.41. The lowest BCUT2D eigenvalue weighted by Crippen LogP contribution is -2.34. The van der Waals surface area contributed by atoms with Crippen molar-refractivity contribution in [3.8, 4) is 0 Å². The molecule has 0 atom stereocenters. The summed E-state index contributed by atoms with van der Waals surface area (Å²) in [6.07, 6.45) is 7.17. The van der Waals surface area contributed by atoms with Crippen LogP contribution in [0.2, 0.25) is 0 Å². The summed E-state index contributed by atoms with van der Waals surface area (Å²) in [6.45, 7) is 0.755. The van der Waals surface area contributed by atoms with Crippen LogP contribution in [-0.2, 0) is 20.5 Å². The number of hydrogen-bond acceptors (Lipinski definition) is 3. The van der Waals surface area contributed by atoms with Gasteiger partial charge >= 0.3 is 0 Å². The predicted octanol–water partition coefficient (Wildman–Crippen LogP) is 3.08. The van der Waals surface area contributed by atoms with E-state index in [-0.39, 0.29) is 11.0 Å². The quantitative estimate of drug-likeness (QED) is 0.600. The number of aliphatic imine (C=N–C) groups is 1. The molecule has 1 aromatic rings. The highest BCUT2D eigenvalue weighted by Gasteiger charge is 2.49. The number of methoxy groups -OCH3 is 1. The molecule has 2 aliphatic carbocycles. The standard InChI is InChI=1S/C16H19NO2/c1-19-11-15(9-10-15)13-5-2-3-6-14(13)16(17-12-18)7-4-8-16/h2-3,5-6H,4,7-11H2,1H3. The van der Waals surface area contributed by atoms with E-state index in [2.05, 4.69) is 23.2 Å². The Kier molecular flexibility index (Phi) is 3.04. The van der Waals surface area contributed by atoms with Gasteiger partial charge in [0.05, 0.1) is 12.1 Å². The normalized spacial score (nSPS) is 22.2. The molecule has 19 heavy (non-hydrogen) atoms. The van der Waals surface area contributed by atoms with E-state index in [1.54, 1.807) is 13.2 Å². The van der Waals surface area contributed by atoms with Crippen LogP contribution in [0.15, 0.2) is 29.3 Å². The minimum atomic E-state index is -0.304. The summed E-state index contributed by atoms with van der Waals surface area (Å²) in [5, 5.41) is 0. The number of carbonyl (C=O) groups excluding carboxylic acids is 1. The van der Waals surface area contributed by atoms with Crippen molar-refractivity contribution in [1.82, 2.24) is 0 Å². The lowest BCUT2D eigenvalue weighted by atomic mass is 9.69. The van der Waals surface area contributed by atoms with Crippen molar-refractivity contribution in [3.63, 3.8) is 0 Å². The SMILES string of the molecule is COCC1(c2ccccc2C2(N=C=O)CCC2)CC1. The summed E-state index contributed by atoms with van der Waals surface area (Å²) in [6, 6.07) is 8.43. The molecule has 0 N–H and O–H groups in total. The van der Waals surface area contributed by atoms with Crippen LogP contribution in [0.25, 0.3) is 0 Å². The molecule has 0 heterocycles. The molecule has 3 nitrogen and oxygen atoms in total. The van der Waals surface area contributed by atoms with E-state index in [4.69, 9.17) is 4.74 Å². The molecule has 2 saturated carbocycles. The van der Waals surface area contributed by atoms with Gasteiger partial charge in [0.1, 0.15) is 0 Å². The number of rotatable bonds is 5. The molecule has 0 saturated heterocycles. The van der Waals surface area contributed by atoms with Gasteiger partial charge in [-0.3, -0.25) is 0 Å². The highest BCUT2D eigenvalue weighted by molar-refractivity contribution is 5.47. The van der Waals surface area contributed by atoms with Crippen LogP contribution >= 0.6 is 0 Å². The van der Waals surface area contributed by atoms with Gasteiger partial charge in [0.25, 0.3) is 0 Å². The average molecular weight is 257 g/mol. The minimum absolute atomic E-state index is 0.159. The van der Waals surface area contributed by atoms with E-state index >= 15 is 0 Å². The van der Waals surface area contributed by atoms with Crippen molar-refractivity contribution in [3.05, 3.63) is 35.4 Å². The van der Waals surface area contributed by atoms with Crippen molar-refractivity contribution in [1.29, 1.82) is 0 Å². The third-order valence-electron chi connectivity index (χ3n) is 4.71. The zero-order valence-corrected chi connectivity index (χ0v) is 11.3. The van der Waals surface area contributed by atoms with E-state index in [0.29, 0.717) is 0 Å². The summed E-state index contributed by atoms with van der Waals surface area (Å²) >= 11 is 0. The first kappa shape index (κ1) is 12.6. The Labute approximate surface area is 113 Å². The van der Waals surface area contributed by atoms with Gasteiger partial charge in [0, 0.05) is 12.5 Å². The van der Waals surface area contributed by atoms with Gasteiger partial charge in [-0.05, 0) is 43.2 Å². The van der Waals surface area contributed by atoms with Gasteiger partial charge < -0.3 is 4.74 Å². The van der Waals surface area contributed by atoms with Crippen LogP contribution < -0.4 is 0 Å². The lowest BCUT2D eigenvalue weighted by molar-refractivity contribution is 0.168. The van der Waals surface area contributed by atoms with E-state index in [9.17, 15) is 4.79 Å². The van der Waals surface area contributed by atoms with Gasteiger partial charge in [-0.1, -0.05) is 24.3 Å². The molecule has 0 radical (unpaired) electrons. The maximum absolute atomic E-state index is 10.8. The fourth-order valence-electron chi connectivity index (χ4n) is 3.31. The number of ether oxygens (including phenoxy) is 1. The summed E-state index contributed by atoms with van der Waals surface area (Å²) in [5.74, 6) is 0. The van der Waals surface area contributed by atoms with Crippen molar-refractivity contribution in [2.45, 2.75) is 43.1 Å². The molecule has 0 unspecified atom stereocenters. The number of hydrogen-bond donors (Lipinski definition) is 0. The Balaban J connectivity index is 2.05. The van der Waals surface area contributed by atoms with Gasteiger partial charge in [0.2, 0.25) is 6.08 Å². The Morgan fingerprint density at radius 3 is 2.37 bits per heavy atom. The molecule has 0 bridgehead atoms. The topological polar surface area (TPSA) is 38.7 Å². The molecule has 0 aliphatic heterocycles. The summed E-state index contributed by atoms with van der Waals surface area (Å²) < 4.78 is 5.39. The van der Waals surface area contributed by atoms with Gasteiger partial charge in [0.15, 0.2) is 0 Å². The van der Waals surface area contributed by atoms with Crippen LogP contribution in [0.4, 0.5) is 0 Å². The predicted molar refractivity (Wildman–Crippen MR) is 72.9 cm³/mol. The Bertz CT molecular complexity index is 523. The van der Waals surface area contributed by atoms with Crippen LogP contribution in [0.1, 0.15) is 43.2 Å². The van der Waals surface area contributed by atoms with Gasteiger partial charge in [-0.25, -0.2) is 4.79 Å². The zero-order valence-electron chi connectivity index (χ0n) is 11.3. The maximum atomic E-state index is 10.8. The zero-order chi connectivity index (χ0) is 13.3. The molecule has 1 aromatic carbocycles. The highest BCUT2D eigenvalue weighted by Crippen LogP contribution is 2.54. The molecule has 0 aromatic heterocycles. The third kappa shape index (κ3) is 1.94. The van der Waals surface area contributed by atoms with E-state index < -0.39 is 0 Å². The first-order valence-corrected chi connectivity index (χ1v) is 6.94. The van der Waals surface area contributed by atoms with Crippen LogP contribution in [0.5, 0.6) is 0 Å². The molecule has 3 rings (SSSR count). The van der Waals surface area contributed by atoms with Crippen molar-refractivity contribution in [2.24, 2.45) is 4.99 Å². The second-order valence-electron chi connectivity index (χ2n) is 5.85. The highest BCUT2D eigenvalue weighted by atomic mass is 16.5. The second kappa shape index (κ2) is 4.59. The van der Waals surface area contributed by atoms with Gasteiger partial charge in [-0.15, -0.1) is 0 Å². The first-order valence-electron chi connectivity index (χ1n) is 6.94. The largest absolute Gasteiger partial charge is 0.384 e. The number of nitrogens with zero attached hydrogens (tertiary/aromatic N) is 1. The smallest absolute Gasteiger partial charge is 0.235 e. The molecule has 2 aliphatic rings. The summed E-state index contributed by atoms with van der Waals surface area (Å²) in [7, 11) is 1.76. The molecule has 0 spiro atoms. The van der Waals surface area contributed by atoms with Crippen LogP contribution in [-0.4, -0.2) is 19.8 Å².